The van der Waals surface area contributed by atoms with E-state index in [4.69, 9.17) is 9.47 Å². The number of para-hydroxylation sites is 1. The maximum absolute atomic E-state index is 12.6. The number of amides is 1. The molecule has 0 aromatic heterocycles. The first kappa shape index (κ1) is 16.4. The number of ether oxygens (including phenoxy) is 2. The molecular formula is C20H23NO3. The molecule has 3 rings (SSSR count). The van der Waals surface area contributed by atoms with Gasteiger partial charge < -0.3 is 14.8 Å². The van der Waals surface area contributed by atoms with Gasteiger partial charge in [0.15, 0.2) is 11.5 Å². The Bertz CT molecular complexity index is 752. The van der Waals surface area contributed by atoms with E-state index in [1.54, 1.807) is 18.2 Å². The van der Waals surface area contributed by atoms with Gasteiger partial charge in [0, 0.05) is 16.7 Å². The van der Waals surface area contributed by atoms with Gasteiger partial charge >= 0.3 is 0 Å². The van der Waals surface area contributed by atoms with Gasteiger partial charge in [-0.05, 0) is 36.2 Å². The van der Waals surface area contributed by atoms with Crippen LogP contribution in [0.5, 0.6) is 11.5 Å². The molecule has 0 unspecified atom stereocenters. The summed E-state index contributed by atoms with van der Waals surface area (Å²) in [6.45, 7) is 7.40. The molecule has 0 spiro atoms. The highest BCUT2D eigenvalue weighted by atomic mass is 16.5. The lowest BCUT2D eigenvalue weighted by Crippen LogP contribution is -2.26. The number of carbonyl (C=O) groups excluding carboxylic acids is 1. The average Bonchev–Trinajstić information content (AvgIpc) is 2.73. The Morgan fingerprint density at radius 2 is 1.79 bits per heavy atom. The lowest BCUT2D eigenvalue weighted by atomic mass is 9.97. The molecule has 1 heterocycles. The highest BCUT2D eigenvalue weighted by Gasteiger charge is 2.25. The molecule has 0 saturated heterocycles. The minimum atomic E-state index is -0.147. The summed E-state index contributed by atoms with van der Waals surface area (Å²) in [4.78, 5) is 12.6. The van der Waals surface area contributed by atoms with Gasteiger partial charge in [0.25, 0.3) is 5.91 Å². The third-order valence-corrected chi connectivity index (χ3v) is 4.09. The molecule has 4 heteroatoms. The van der Waals surface area contributed by atoms with Crippen molar-refractivity contribution in [2.24, 2.45) is 5.41 Å². The summed E-state index contributed by atoms with van der Waals surface area (Å²) in [6, 6.07) is 13.2. The molecule has 0 saturated carbocycles. The van der Waals surface area contributed by atoms with Crippen molar-refractivity contribution < 1.29 is 14.3 Å². The van der Waals surface area contributed by atoms with Gasteiger partial charge in [-0.15, -0.1) is 0 Å². The number of fused-ring (bicyclic) bond motifs is 1. The van der Waals surface area contributed by atoms with Gasteiger partial charge in [-0.3, -0.25) is 4.79 Å². The number of hydrogen-bond donors (Lipinski definition) is 1. The van der Waals surface area contributed by atoms with Crippen molar-refractivity contribution in [2.75, 3.05) is 18.5 Å². The Morgan fingerprint density at radius 3 is 2.54 bits per heavy atom. The van der Waals surface area contributed by atoms with Gasteiger partial charge in [-0.1, -0.05) is 39.0 Å². The van der Waals surface area contributed by atoms with E-state index in [9.17, 15) is 4.79 Å². The number of aryl methyl sites for hydroxylation is 1. The molecule has 0 fully saturated rings. The molecule has 1 amide bonds. The van der Waals surface area contributed by atoms with Crippen LogP contribution in [0.1, 0.15) is 36.7 Å². The van der Waals surface area contributed by atoms with E-state index in [0.717, 1.165) is 17.7 Å². The Hall–Kier alpha value is -2.49. The second kappa shape index (κ2) is 6.56. The first-order valence-electron chi connectivity index (χ1n) is 8.27. The third kappa shape index (κ3) is 3.53. The van der Waals surface area contributed by atoms with Crippen LogP contribution in [-0.2, 0) is 6.42 Å². The van der Waals surface area contributed by atoms with Crippen LogP contribution < -0.4 is 14.8 Å². The second-order valence-corrected chi connectivity index (χ2v) is 6.87. The normalized spacial score (nSPS) is 15.5. The second-order valence-electron chi connectivity index (χ2n) is 6.87. The van der Waals surface area contributed by atoms with E-state index < -0.39 is 0 Å². The van der Waals surface area contributed by atoms with Gasteiger partial charge in [0.05, 0.1) is 13.2 Å². The molecule has 0 atom stereocenters. The Kier molecular flexibility index (Phi) is 4.47. The van der Waals surface area contributed by atoms with Crippen molar-refractivity contribution in [1.82, 2.24) is 0 Å². The quantitative estimate of drug-likeness (QED) is 0.915. The lowest BCUT2D eigenvalue weighted by molar-refractivity contribution is 0.102. The molecule has 0 bridgehead atoms. The molecule has 4 nitrogen and oxygen atoms in total. The maximum Gasteiger partial charge on any atom is 0.255 e. The third-order valence-electron chi connectivity index (χ3n) is 4.09. The summed E-state index contributed by atoms with van der Waals surface area (Å²) in [7, 11) is 0. The topological polar surface area (TPSA) is 47.6 Å². The minimum Gasteiger partial charge on any atom is -0.489 e. The zero-order valence-electron chi connectivity index (χ0n) is 14.4. The standard InChI is InChI=1S/C20H23NO3/c1-4-14-7-5-6-8-16(14)21-19(22)15-9-10-17-18(11-15)24-13-20(2,3)12-23-17/h5-11H,4,12-13H2,1-3H3,(H,21,22). The zero-order chi connectivity index (χ0) is 17.2. The molecule has 1 N–H and O–H groups in total. The van der Waals surface area contributed by atoms with Crippen molar-refractivity contribution in [3.8, 4) is 11.5 Å². The van der Waals surface area contributed by atoms with E-state index in [-0.39, 0.29) is 11.3 Å². The van der Waals surface area contributed by atoms with E-state index >= 15 is 0 Å². The predicted molar refractivity (Wildman–Crippen MR) is 95.0 cm³/mol. The first-order chi connectivity index (χ1) is 11.5. The number of anilines is 1. The van der Waals surface area contributed by atoms with Gasteiger partial charge in [0.1, 0.15) is 0 Å². The van der Waals surface area contributed by atoms with Crippen LogP contribution in [0.4, 0.5) is 5.69 Å². The van der Waals surface area contributed by atoms with E-state index in [1.807, 2.05) is 24.3 Å². The molecule has 126 valence electrons. The van der Waals surface area contributed by atoms with Gasteiger partial charge in [-0.2, -0.15) is 0 Å². The molecule has 1 aliphatic heterocycles. The summed E-state index contributed by atoms with van der Waals surface area (Å²) < 4.78 is 11.6. The fourth-order valence-corrected chi connectivity index (χ4v) is 2.61. The average molecular weight is 325 g/mol. The zero-order valence-corrected chi connectivity index (χ0v) is 14.4. The first-order valence-corrected chi connectivity index (χ1v) is 8.27. The summed E-state index contributed by atoms with van der Waals surface area (Å²) in [5.41, 5.74) is 2.46. The lowest BCUT2D eigenvalue weighted by Gasteiger charge is -2.19. The van der Waals surface area contributed by atoms with Crippen LogP contribution in [0, 0.1) is 5.41 Å². The van der Waals surface area contributed by atoms with Crippen LogP contribution in [0.25, 0.3) is 0 Å². The number of rotatable bonds is 3. The highest BCUT2D eigenvalue weighted by Crippen LogP contribution is 2.34. The van der Waals surface area contributed by atoms with Crippen LogP contribution in [0.3, 0.4) is 0 Å². The molecular weight excluding hydrogens is 302 g/mol. The van der Waals surface area contributed by atoms with Crippen LogP contribution in [-0.4, -0.2) is 19.1 Å². The van der Waals surface area contributed by atoms with Crippen molar-refractivity contribution in [2.45, 2.75) is 27.2 Å². The number of benzene rings is 2. The Morgan fingerprint density at radius 1 is 1.08 bits per heavy atom. The van der Waals surface area contributed by atoms with Crippen LogP contribution in [0.2, 0.25) is 0 Å². The van der Waals surface area contributed by atoms with Crippen molar-refractivity contribution in [1.29, 1.82) is 0 Å². The van der Waals surface area contributed by atoms with Gasteiger partial charge in [-0.25, -0.2) is 0 Å². The van der Waals surface area contributed by atoms with Crippen molar-refractivity contribution in [3.05, 3.63) is 53.6 Å². The summed E-state index contributed by atoms with van der Waals surface area (Å²) >= 11 is 0. The Balaban J connectivity index is 1.81. The molecule has 2 aromatic carbocycles. The van der Waals surface area contributed by atoms with Crippen molar-refractivity contribution >= 4 is 11.6 Å². The maximum atomic E-state index is 12.6. The Labute approximate surface area is 142 Å². The van der Waals surface area contributed by atoms with E-state index in [2.05, 4.69) is 26.1 Å². The fourth-order valence-electron chi connectivity index (χ4n) is 2.61. The van der Waals surface area contributed by atoms with Crippen LogP contribution in [0.15, 0.2) is 42.5 Å². The summed E-state index contributed by atoms with van der Waals surface area (Å²) in [6.07, 6.45) is 0.868. The summed E-state index contributed by atoms with van der Waals surface area (Å²) in [5.74, 6) is 1.16. The molecule has 24 heavy (non-hydrogen) atoms. The number of hydrogen-bond acceptors (Lipinski definition) is 3. The predicted octanol–water partition coefficient (Wildman–Crippen LogP) is 4.30. The highest BCUT2D eigenvalue weighted by molar-refractivity contribution is 6.05. The van der Waals surface area contributed by atoms with E-state index in [1.165, 1.54) is 0 Å². The number of nitrogens with one attached hydrogen (secondary N) is 1. The molecule has 0 aliphatic carbocycles. The van der Waals surface area contributed by atoms with Crippen molar-refractivity contribution in [3.63, 3.8) is 0 Å². The molecule has 0 radical (unpaired) electrons. The largest absolute Gasteiger partial charge is 0.489 e. The van der Waals surface area contributed by atoms with E-state index in [0.29, 0.717) is 30.3 Å². The molecule has 1 aliphatic rings. The smallest absolute Gasteiger partial charge is 0.255 e. The monoisotopic (exact) mass is 325 g/mol. The van der Waals surface area contributed by atoms with Gasteiger partial charge in [0.2, 0.25) is 0 Å². The van der Waals surface area contributed by atoms with Crippen LogP contribution >= 0.6 is 0 Å². The SMILES string of the molecule is CCc1ccccc1NC(=O)c1ccc2c(c1)OCC(C)(C)CO2. The number of carbonyl (C=O) groups is 1. The minimum absolute atomic E-state index is 0.0541. The summed E-state index contributed by atoms with van der Waals surface area (Å²) in [5, 5.41) is 2.98. The fraction of sp³-hybridized carbons (Fsp3) is 0.350. The molecule has 2 aromatic rings.